The fraction of sp³-hybridized carbons (Fsp3) is 0.842. The third kappa shape index (κ3) is 8.28. The van der Waals surface area contributed by atoms with E-state index in [4.69, 9.17) is 0 Å². The summed E-state index contributed by atoms with van der Waals surface area (Å²) in [6.45, 7) is 7.87. The third-order valence-electron chi connectivity index (χ3n) is 4.54. The molecule has 1 rings (SSSR count). The van der Waals surface area contributed by atoms with Crippen LogP contribution in [-0.4, -0.2) is 9.78 Å². The Kier molecular flexibility index (Phi) is 10.3. The summed E-state index contributed by atoms with van der Waals surface area (Å²) in [7, 11) is 0. The summed E-state index contributed by atoms with van der Waals surface area (Å²) in [6, 6.07) is 2.12. The van der Waals surface area contributed by atoms with Gasteiger partial charge in [-0.05, 0) is 31.7 Å². The third-order valence-corrected chi connectivity index (χ3v) is 4.54. The van der Waals surface area contributed by atoms with Crippen LogP contribution in [0, 0.1) is 12.8 Å². The van der Waals surface area contributed by atoms with E-state index >= 15 is 0 Å². The van der Waals surface area contributed by atoms with Crippen LogP contribution in [0.2, 0.25) is 0 Å². The molecule has 122 valence electrons. The van der Waals surface area contributed by atoms with Crippen LogP contribution in [0.25, 0.3) is 0 Å². The Balaban J connectivity index is 2.32. The predicted octanol–water partition coefficient (Wildman–Crippen LogP) is 6.14. The molecule has 0 bridgehead atoms. The van der Waals surface area contributed by atoms with Crippen molar-refractivity contribution >= 4 is 0 Å². The van der Waals surface area contributed by atoms with Gasteiger partial charge in [0.2, 0.25) is 0 Å². The maximum absolute atomic E-state index is 4.47. The summed E-state index contributed by atoms with van der Waals surface area (Å²) in [6.07, 6.45) is 17.2. The lowest BCUT2D eigenvalue weighted by Crippen LogP contribution is -2.13. The fourth-order valence-electron chi connectivity index (χ4n) is 3.06. The molecule has 0 radical (unpaired) electrons. The van der Waals surface area contributed by atoms with E-state index in [2.05, 4.69) is 36.6 Å². The van der Waals surface area contributed by atoms with Gasteiger partial charge in [0, 0.05) is 18.4 Å². The van der Waals surface area contributed by atoms with Crippen molar-refractivity contribution in [3.63, 3.8) is 0 Å². The van der Waals surface area contributed by atoms with E-state index in [0.717, 1.165) is 12.5 Å². The summed E-state index contributed by atoms with van der Waals surface area (Å²) < 4.78 is 2.20. The number of rotatable bonds is 13. The SMILES string of the molecule is CCCCCCCC(CCCCCC)Cn1nccc1C. The summed E-state index contributed by atoms with van der Waals surface area (Å²) in [4.78, 5) is 0. The lowest BCUT2D eigenvalue weighted by atomic mass is 9.94. The van der Waals surface area contributed by atoms with E-state index in [0.29, 0.717) is 0 Å². The van der Waals surface area contributed by atoms with Gasteiger partial charge in [-0.2, -0.15) is 5.10 Å². The van der Waals surface area contributed by atoms with Gasteiger partial charge in [-0.1, -0.05) is 71.6 Å². The first-order valence-electron chi connectivity index (χ1n) is 9.26. The molecule has 1 aromatic heterocycles. The van der Waals surface area contributed by atoms with Gasteiger partial charge in [-0.25, -0.2) is 0 Å². The van der Waals surface area contributed by atoms with E-state index in [-0.39, 0.29) is 0 Å². The first kappa shape index (κ1) is 18.3. The van der Waals surface area contributed by atoms with Crippen LogP contribution in [0.5, 0.6) is 0 Å². The monoisotopic (exact) mass is 292 g/mol. The summed E-state index contributed by atoms with van der Waals surface area (Å²) in [5.74, 6) is 0.821. The van der Waals surface area contributed by atoms with E-state index in [1.165, 1.54) is 76.3 Å². The van der Waals surface area contributed by atoms with Gasteiger partial charge in [-0.3, -0.25) is 4.68 Å². The second kappa shape index (κ2) is 11.8. The Bertz CT molecular complexity index is 343. The molecule has 1 aromatic rings. The maximum atomic E-state index is 4.47. The molecule has 0 spiro atoms. The Hall–Kier alpha value is -0.790. The first-order chi connectivity index (χ1) is 10.3. The topological polar surface area (TPSA) is 17.8 Å². The smallest absolute Gasteiger partial charge is 0.0492 e. The molecule has 0 amide bonds. The zero-order chi connectivity index (χ0) is 15.3. The van der Waals surface area contributed by atoms with Crippen LogP contribution < -0.4 is 0 Å². The molecular weight excluding hydrogens is 256 g/mol. The summed E-state index contributed by atoms with van der Waals surface area (Å²) in [5.41, 5.74) is 1.31. The molecule has 0 aliphatic carbocycles. The van der Waals surface area contributed by atoms with E-state index in [1.54, 1.807) is 0 Å². The van der Waals surface area contributed by atoms with Crippen LogP contribution in [-0.2, 0) is 6.54 Å². The van der Waals surface area contributed by atoms with Gasteiger partial charge in [0.25, 0.3) is 0 Å². The number of aryl methyl sites for hydroxylation is 1. The highest BCUT2D eigenvalue weighted by Gasteiger charge is 2.11. The number of hydrogen-bond donors (Lipinski definition) is 0. The minimum atomic E-state index is 0.821. The molecular formula is C19H36N2. The molecule has 0 aliphatic rings. The van der Waals surface area contributed by atoms with Crippen molar-refractivity contribution in [2.45, 2.75) is 97.9 Å². The van der Waals surface area contributed by atoms with Crippen LogP contribution in [0.1, 0.15) is 90.2 Å². The van der Waals surface area contributed by atoms with Crippen molar-refractivity contribution in [2.75, 3.05) is 0 Å². The van der Waals surface area contributed by atoms with E-state index in [1.807, 2.05) is 6.20 Å². The number of hydrogen-bond acceptors (Lipinski definition) is 1. The molecule has 1 atom stereocenters. The minimum absolute atomic E-state index is 0.821. The molecule has 2 nitrogen and oxygen atoms in total. The fourth-order valence-corrected chi connectivity index (χ4v) is 3.06. The van der Waals surface area contributed by atoms with Crippen molar-refractivity contribution in [1.29, 1.82) is 0 Å². The molecule has 0 aliphatic heterocycles. The lowest BCUT2D eigenvalue weighted by molar-refractivity contribution is 0.341. The zero-order valence-electron chi connectivity index (χ0n) is 14.6. The summed E-state index contributed by atoms with van der Waals surface area (Å²) in [5, 5.41) is 4.47. The van der Waals surface area contributed by atoms with Crippen molar-refractivity contribution in [1.82, 2.24) is 9.78 Å². The second-order valence-electron chi connectivity index (χ2n) is 6.57. The highest BCUT2D eigenvalue weighted by molar-refractivity contribution is 4.96. The number of aromatic nitrogens is 2. The van der Waals surface area contributed by atoms with Crippen molar-refractivity contribution in [2.24, 2.45) is 5.92 Å². The Morgan fingerprint density at radius 1 is 0.905 bits per heavy atom. The average molecular weight is 293 g/mol. The standard InChI is InChI=1S/C19H36N2/c1-4-6-8-10-12-14-19(13-11-9-7-5-2)17-21-18(3)15-16-20-21/h15-16,19H,4-14,17H2,1-3H3. The molecule has 2 heteroatoms. The highest BCUT2D eigenvalue weighted by atomic mass is 15.3. The van der Waals surface area contributed by atoms with Crippen molar-refractivity contribution in [3.8, 4) is 0 Å². The van der Waals surface area contributed by atoms with Gasteiger partial charge < -0.3 is 0 Å². The Labute approximate surface area is 132 Å². The van der Waals surface area contributed by atoms with Crippen LogP contribution in [0.15, 0.2) is 12.3 Å². The van der Waals surface area contributed by atoms with Crippen molar-refractivity contribution < 1.29 is 0 Å². The first-order valence-corrected chi connectivity index (χ1v) is 9.26. The normalized spacial score (nSPS) is 12.7. The van der Waals surface area contributed by atoms with Gasteiger partial charge in [0.1, 0.15) is 0 Å². The molecule has 0 saturated carbocycles. The Morgan fingerprint density at radius 2 is 1.48 bits per heavy atom. The number of unbranched alkanes of at least 4 members (excludes halogenated alkanes) is 7. The lowest BCUT2D eigenvalue weighted by Gasteiger charge is -2.18. The quantitative estimate of drug-likeness (QED) is 0.399. The largest absolute Gasteiger partial charge is 0.270 e. The van der Waals surface area contributed by atoms with Gasteiger partial charge in [0.05, 0.1) is 0 Å². The second-order valence-corrected chi connectivity index (χ2v) is 6.57. The van der Waals surface area contributed by atoms with Crippen molar-refractivity contribution in [3.05, 3.63) is 18.0 Å². The molecule has 1 unspecified atom stereocenters. The molecule has 0 fully saturated rings. The van der Waals surface area contributed by atoms with E-state index in [9.17, 15) is 0 Å². The Morgan fingerprint density at radius 3 is 2.00 bits per heavy atom. The highest BCUT2D eigenvalue weighted by Crippen LogP contribution is 2.20. The minimum Gasteiger partial charge on any atom is -0.270 e. The van der Waals surface area contributed by atoms with Crippen LogP contribution in [0.3, 0.4) is 0 Å². The van der Waals surface area contributed by atoms with Gasteiger partial charge >= 0.3 is 0 Å². The molecule has 0 saturated heterocycles. The molecule has 0 aromatic carbocycles. The molecule has 21 heavy (non-hydrogen) atoms. The molecule has 0 N–H and O–H groups in total. The van der Waals surface area contributed by atoms with Gasteiger partial charge in [-0.15, -0.1) is 0 Å². The zero-order valence-corrected chi connectivity index (χ0v) is 14.6. The summed E-state index contributed by atoms with van der Waals surface area (Å²) >= 11 is 0. The van der Waals surface area contributed by atoms with E-state index < -0.39 is 0 Å². The predicted molar refractivity (Wildman–Crippen MR) is 92.6 cm³/mol. The molecule has 1 heterocycles. The van der Waals surface area contributed by atoms with Crippen LogP contribution in [0.4, 0.5) is 0 Å². The average Bonchev–Trinajstić information content (AvgIpc) is 2.88. The van der Waals surface area contributed by atoms with Gasteiger partial charge in [0.15, 0.2) is 0 Å². The number of nitrogens with zero attached hydrogens (tertiary/aromatic N) is 2. The van der Waals surface area contributed by atoms with Crippen LogP contribution >= 0.6 is 0 Å². The maximum Gasteiger partial charge on any atom is 0.0492 e.